The molecule has 0 bridgehead atoms. The molecule has 1 aliphatic carbocycles. The van der Waals surface area contributed by atoms with Crippen LogP contribution in [0, 0.1) is 5.92 Å². The zero-order chi connectivity index (χ0) is 12.5. The number of ether oxygens (including phenoxy) is 2. The molecule has 0 saturated heterocycles. The summed E-state index contributed by atoms with van der Waals surface area (Å²) in [7, 11) is 0. The molecule has 0 spiro atoms. The molecule has 4 nitrogen and oxygen atoms in total. The highest BCUT2D eigenvalue weighted by Gasteiger charge is 2.20. The minimum absolute atomic E-state index is 0.208. The van der Waals surface area contributed by atoms with Gasteiger partial charge < -0.3 is 14.8 Å². The Balaban J connectivity index is 2.20. The summed E-state index contributed by atoms with van der Waals surface area (Å²) in [6, 6.07) is -0.318. The lowest BCUT2D eigenvalue weighted by Crippen LogP contribution is -2.42. The second-order valence-electron chi connectivity index (χ2n) is 4.55. The van der Waals surface area contributed by atoms with Gasteiger partial charge in [0.25, 0.3) is 0 Å². The van der Waals surface area contributed by atoms with E-state index < -0.39 is 0 Å². The number of rotatable bonds is 8. The van der Waals surface area contributed by atoms with E-state index in [1.54, 1.807) is 0 Å². The minimum atomic E-state index is -0.318. The summed E-state index contributed by atoms with van der Waals surface area (Å²) in [4.78, 5) is 11.6. The Bertz CT molecular complexity index is 215. The summed E-state index contributed by atoms with van der Waals surface area (Å²) >= 11 is 0. The number of carbonyl (C=O) groups excluding carboxylic acids is 1. The van der Waals surface area contributed by atoms with Crippen molar-refractivity contribution in [3.63, 3.8) is 0 Å². The topological polar surface area (TPSA) is 47.6 Å². The molecule has 1 N–H and O–H groups in total. The Morgan fingerprint density at radius 2 is 2.06 bits per heavy atom. The highest BCUT2D eigenvalue weighted by atomic mass is 16.5. The van der Waals surface area contributed by atoms with Crippen LogP contribution in [0.2, 0.25) is 0 Å². The molecule has 4 heteroatoms. The van der Waals surface area contributed by atoms with E-state index in [2.05, 4.69) is 5.32 Å². The first kappa shape index (κ1) is 14.5. The molecule has 0 heterocycles. The van der Waals surface area contributed by atoms with Gasteiger partial charge in [0.1, 0.15) is 6.04 Å². The summed E-state index contributed by atoms with van der Waals surface area (Å²) in [5, 5.41) is 3.09. The summed E-state index contributed by atoms with van der Waals surface area (Å²) in [5.74, 6) is 0.486. The molecule has 1 saturated carbocycles. The first-order valence-electron chi connectivity index (χ1n) is 6.75. The van der Waals surface area contributed by atoms with Gasteiger partial charge >= 0.3 is 5.97 Å². The van der Waals surface area contributed by atoms with Crippen molar-refractivity contribution in [3.8, 4) is 0 Å². The van der Waals surface area contributed by atoms with Gasteiger partial charge in [0, 0.05) is 6.61 Å². The molecule has 0 aromatic carbocycles. The van der Waals surface area contributed by atoms with Crippen LogP contribution in [-0.2, 0) is 14.3 Å². The van der Waals surface area contributed by atoms with Crippen LogP contribution in [-0.4, -0.2) is 38.4 Å². The molecule has 0 aliphatic heterocycles. The molecule has 0 amide bonds. The van der Waals surface area contributed by atoms with Crippen LogP contribution in [0.1, 0.15) is 39.5 Å². The van der Waals surface area contributed by atoms with E-state index in [-0.39, 0.29) is 12.0 Å². The van der Waals surface area contributed by atoms with Crippen molar-refractivity contribution in [2.45, 2.75) is 45.6 Å². The minimum Gasteiger partial charge on any atom is -0.465 e. The van der Waals surface area contributed by atoms with Gasteiger partial charge in [-0.05, 0) is 32.2 Å². The normalized spacial score (nSPS) is 18.2. The average Bonchev–Trinajstić information content (AvgIpc) is 2.81. The highest BCUT2D eigenvalue weighted by Crippen LogP contribution is 2.24. The molecule has 1 aliphatic rings. The van der Waals surface area contributed by atoms with Crippen molar-refractivity contribution in [3.05, 3.63) is 0 Å². The van der Waals surface area contributed by atoms with E-state index in [9.17, 15) is 4.79 Å². The van der Waals surface area contributed by atoms with Crippen LogP contribution in [0.3, 0.4) is 0 Å². The van der Waals surface area contributed by atoms with Gasteiger partial charge in [-0.15, -0.1) is 0 Å². The molecule has 100 valence electrons. The SMILES string of the molecule is CCNC(COCC1CCCC1)C(=O)OCC. The van der Waals surface area contributed by atoms with Gasteiger partial charge in [0.2, 0.25) is 0 Å². The van der Waals surface area contributed by atoms with Gasteiger partial charge in [-0.25, -0.2) is 0 Å². The fraction of sp³-hybridized carbons (Fsp3) is 0.923. The number of hydrogen-bond acceptors (Lipinski definition) is 4. The number of hydrogen-bond donors (Lipinski definition) is 1. The fourth-order valence-electron chi connectivity index (χ4n) is 2.23. The van der Waals surface area contributed by atoms with Crippen LogP contribution in [0.15, 0.2) is 0 Å². The van der Waals surface area contributed by atoms with E-state index in [0.717, 1.165) is 13.2 Å². The van der Waals surface area contributed by atoms with Gasteiger partial charge in [-0.2, -0.15) is 0 Å². The summed E-state index contributed by atoms with van der Waals surface area (Å²) in [6.07, 6.45) is 5.18. The molecular weight excluding hydrogens is 218 g/mol. The van der Waals surface area contributed by atoms with Crippen LogP contribution >= 0.6 is 0 Å². The smallest absolute Gasteiger partial charge is 0.325 e. The number of likely N-dealkylation sites (N-methyl/N-ethyl adjacent to an activating group) is 1. The van der Waals surface area contributed by atoms with Crippen LogP contribution in [0.4, 0.5) is 0 Å². The Morgan fingerprint density at radius 1 is 1.35 bits per heavy atom. The Hall–Kier alpha value is -0.610. The monoisotopic (exact) mass is 243 g/mol. The summed E-state index contributed by atoms with van der Waals surface area (Å²) in [6.45, 7) is 6.16. The van der Waals surface area contributed by atoms with E-state index in [1.807, 2.05) is 13.8 Å². The molecule has 1 rings (SSSR count). The maximum Gasteiger partial charge on any atom is 0.325 e. The quantitative estimate of drug-likeness (QED) is 0.660. The third kappa shape index (κ3) is 5.50. The lowest BCUT2D eigenvalue weighted by Gasteiger charge is -2.17. The third-order valence-electron chi connectivity index (χ3n) is 3.13. The standard InChI is InChI=1S/C13H25NO3/c1-3-14-12(13(15)17-4-2)10-16-9-11-7-5-6-8-11/h11-12,14H,3-10H2,1-2H3. The van der Waals surface area contributed by atoms with Crippen molar-refractivity contribution in [1.29, 1.82) is 0 Å². The Morgan fingerprint density at radius 3 is 2.65 bits per heavy atom. The zero-order valence-electron chi connectivity index (χ0n) is 11.0. The first-order chi connectivity index (χ1) is 8.27. The zero-order valence-corrected chi connectivity index (χ0v) is 11.0. The molecule has 17 heavy (non-hydrogen) atoms. The predicted octanol–water partition coefficient (Wildman–Crippen LogP) is 1.73. The van der Waals surface area contributed by atoms with E-state index in [4.69, 9.17) is 9.47 Å². The molecular formula is C13H25NO3. The fourth-order valence-corrected chi connectivity index (χ4v) is 2.23. The van der Waals surface area contributed by atoms with Crippen LogP contribution in [0.5, 0.6) is 0 Å². The van der Waals surface area contributed by atoms with Crippen molar-refractivity contribution in [2.75, 3.05) is 26.4 Å². The molecule has 1 atom stereocenters. The summed E-state index contributed by atoms with van der Waals surface area (Å²) in [5.41, 5.74) is 0. The molecule has 1 unspecified atom stereocenters. The summed E-state index contributed by atoms with van der Waals surface area (Å²) < 4.78 is 10.6. The van der Waals surface area contributed by atoms with Crippen molar-refractivity contribution in [2.24, 2.45) is 5.92 Å². The van der Waals surface area contributed by atoms with Crippen LogP contribution in [0.25, 0.3) is 0 Å². The predicted molar refractivity (Wildman–Crippen MR) is 66.9 cm³/mol. The molecule has 1 fully saturated rings. The number of carbonyl (C=O) groups is 1. The maximum absolute atomic E-state index is 11.6. The molecule has 0 aromatic rings. The lowest BCUT2D eigenvalue weighted by atomic mass is 10.1. The second kappa shape index (κ2) is 8.48. The lowest BCUT2D eigenvalue weighted by molar-refractivity contribution is -0.147. The van der Waals surface area contributed by atoms with Gasteiger partial charge in [-0.3, -0.25) is 4.79 Å². The first-order valence-corrected chi connectivity index (χ1v) is 6.75. The van der Waals surface area contributed by atoms with Crippen LogP contribution < -0.4 is 5.32 Å². The average molecular weight is 243 g/mol. The van der Waals surface area contributed by atoms with Crippen molar-refractivity contribution < 1.29 is 14.3 Å². The Labute approximate surface area is 104 Å². The Kier molecular flexibility index (Phi) is 7.21. The number of nitrogens with one attached hydrogen (secondary N) is 1. The largest absolute Gasteiger partial charge is 0.465 e. The highest BCUT2D eigenvalue weighted by molar-refractivity contribution is 5.75. The number of esters is 1. The van der Waals surface area contributed by atoms with E-state index in [1.165, 1.54) is 25.7 Å². The van der Waals surface area contributed by atoms with Crippen molar-refractivity contribution in [1.82, 2.24) is 5.32 Å². The van der Waals surface area contributed by atoms with E-state index >= 15 is 0 Å². The van der Waals surface area contributed by atoms with Gasteiger partial charge in [-0.1, -0.05) is 19.8 Å². The third-order valence-corrected chi connectivity index (χ3v) is 3.13. The van der Waals surface area contributed by atoms with Gasteiger partial charge in [0.05, 0.1) is 13.2 Å². The molecule has 0 aromatic heterocycles. The second-order valence-corrected chi connectivity index (χ2v) is 4.55. The van der Waals surface area contributed by atoms with Gasteiger partial charge in [0.15, 0.2) is 0 Å². The van der Waals surface area contributed by atoms with E-state index in [0.29, 0.717) is 19.1 Å². The maximum atomic E-state index is 11.6. The van der Waals surface area contributed by atoms with Crippen molar-refractivity contribution >= 4 is 5.97 Å². The molecule has 0 radical (unpaired) electrons.